The van der Waals surface area contributed by atoms with Crippen LogP contribution < -0.4 is 0 Å². The van der Waals surface area contributed by atoms with Gasteiger partial charge < -0.3 is 9.15 Å². The Bertz CT molecular complexity index is 558. The van der Waals surface area contributed by atoms with Crippen LogP contribution in [0.3, 0.4) is 0 Å². The number of furan rings is 1. The van der Waals surface area contributed by atoms with Gasteiger partial charge >= 0.3 is 5.97 Å². The Morgan fingerprint density at radius 3 is 2.53 bits per heavy atom. The fourth-order valence-corrected chi connectivity index (χ4v) is 1.66. The van der Waals surface area contributed by atoms with Crippen LogP contribution >= 0.6 is 0 Å². The number of hydrogen-bond acceptors (Lipinski definition) is 3. The fourth-order valence-electron chi connectivity index (χ4n) is 1.66. The summed E-state index contributed by atoms with van der Waals surface area (Å²) in [5.74, 6) is 0.583. The second kappa shape index (κ2) is 3.91. The first-order valence-corrected chi connectivity index (χ1v) is 5.54. The van der Waals surface area contributed by atoms with Gasteiger partial charge in [0.15, 0.2) is 0 Å². The van der Waals surface area contributed by atoms with Gasteiger partial charge in [0.25, 0.3) is 0 Å². The third kappa shape index (κ3) is 2.18. The third-order valence-electron chi connectivity index (χ3n) is 2.68. The second-order valence-electron chi connectivity index (χ2n) is 5.10. The van der Waals surface area contributed by atoms with E-state index in [1.807, 2.05) is 6.07 Å². The Labute approximate surface area is 100 Å². The Hall–Kier alpha value is -1.77. The molecule has 0 aliphatic rings. The van der Waals surface area contributed by atoms with Gasteiger partial charge in [-0.1, -0.05) is 20.8 Å². The predicted molar refractivity (Wildman–Crippen MR) is 66.3 cm³/mol. The number of carbonyl (C=O) groups is 1. The van der Waals surface area contributed by atoms with Gasteiger partial charge in [-0.2, -0.15) is 0 Å². The highest BCUT2D eigenvalue weighted by Crippen LogP contribution is 2.29. The standard InChI is InChI=1S/C14H16O3/c1-14(2,3)12-8-10-7-9(13(15)16-4)5-6-11(10)17-12/h5-8H,1-4H3. The van der Waals surface area contributed by atoms with E-state index in [-0.39, 0.29) is 11.4 Å². The van der Waals surface area contributed by atoms with Crippen LogP contribution in [0.15, 0.2) is 28.7 Å². The Balaban J connectivity index is 2.52. The molecule has 0 amide bonds. The van der Waals surface area contributed by atoms with E-state index in [0.717, 1.165) is 16.7 Å². The molecular formula is C14H16O3. The molecule has 2 rings (SSSR count). The lowest BCUT2D eigenvalue weighted by atomic mass is 9.93. The number of rotatable bonds is 1. The zero-order chi connectivity index (χ0) is 12.6. The van der Waals surface area contributed by atoms with Gasteiger partial charge in [0.05, 0.1) is 12.7 Å². The van der Waals surface area contributed by atoms with Crippen molar-refractivity contribution in [3.8, 4) is 0 Å². The molecule has 0 spiro atoms. The Morgan fingerprint density at radius 2 is 1.94 bits per heavy atom. The average Bonchev–Trinajstić information content (AvgIpc) is 2.70. The highest BCUT2D eigenvalue weighted by molar-refractivity contribution is 5.94. The quantitative estimate of drug-likeness (QED) is 0.706. The van der Waals surface area contributed by atoms with Crippen molar-refractivity contribution in [2.24, 2.45) is 0 Å². The van der Waals surface area contributed by atoms with Crippen molar-refractivity contribution in [2.45, 2.75) is 26.2 Å². The monoisotopic (exact) mass is 232 g/mol. The van der Waals surface area contributed by atoms with E-state index in [2.05, 4.69) is 25.5 Å². The SMILES string of the molecule is COC(=O)c1ccc2oc(C(C)(C)C)cc2c1. The lowest BCUT2D eigenvalue weighted by Gasteiger charge is -2.13. The zero-order valence-corrected chi connectivity index (χ0v) is 10.5. The topological polar surface area (TPSA) is 39.4 Å². The molecule has 0 aliphatic heterocycles. The number of ether oxygens (including phenoxy) is 1. The van der Waals surface area contributed by atoms with Gasteiger partial charge in [-0.3, -0.25) is 0 Å². The van der Waals surface area contributed by atoms with Crippen LogP contribution in [0.25, 0.3) is 11.0 Å². The molecular weight excluding hydrogens is 216 g/mol. The van der Waals surface area contributed by atoms with Crippen molar-refractivity contribution in [1.29, 1.82) is 0 Å². The van der Waals surface area contributed by atoms with E-state index >= 15 is 0 Å². The van der Waals surface area contributed by atoms with Crippen LogP contribution in [-0.2, 0) is 10.2 Å². The summed E-state index contributed by atoms with van der Waals surface area (Å²) in [4.78, 5) is 11.4. The van der Waals surface area contributed by atoms with Crippen LogP contribution in [-0.4, -0.2) is 13.1 Å². The van der Waals surface area contributed by atoms with Crippen LogP contribution in [0.2, 0.25) is 0 Å². The van der Waals surface area contributed by atoms with Gasteiger partial charge in [0.1, 0.15) is 11.3 Å². The maximum absolute atomic E-state index is 11.4. The number of methoxy groups -OCH3 is 1. The first kappa shape index (κ1) is 11.7. The van der Waals surface area contributed by atoms with Crippen molar-refractivity contribution >= 4 is 16.9 Å². The molecule has 0 saturated carbocycles. The van der Waals surface area contributed by atoms with Crippen molar-refractivity contribution in [3.63, 3.8) is 0 Å². The summed E-state index contributed by atoms with van der Waals surface area (Å²) in [7, 11) is 1.38. The number of esters is 1. The minimum atomic E-state index is -0.328. The number of hydrogen-bond donors (Lipinski definition) is 0. The second-order valence-corrected chi connectivity index (χ2v) is 5.10. The highest BCUT2D eigenvalue weighted by Gasteiger charge is 2.19. The highest BCUT2D eigenvalue weighted by atomic mass is 16.5. The third-order valence-corrected chi connectivity index (χ3v) is 2.68. The van der Waals surface area contributed by atoms with E-state index in [9.17, 15) is 4.79 Å². The van der Waals surface area contributed by atoms with Crippen LogP contribution in [0.5, 0.6) is 0 Å². The zero-order valence-electron chi connectivity index (χ0n) is 10.5. The van der Waals surface area contributed by atoms with Crippen LogP contribution in [0, 0.1) is 0 Å². The summed E-state index contributed by atoms with van der Waals surface area (Å²) in [6, 6.07) is 7.28. The summed E-state index contributed by atoms with van der Waals surface area (Å²) >= 11 is 0. The first-order chi connectivity index (χ1) is 7.91. The average molecular weight is 232 g/mol. The van der Waals surface area contributed by atoms with Gasteiger partial charge in [-0.25, -0.2) is 4.79 Å². The molecule has 1 aromatic carbocycles. The number of carbonyl (C=O) groups excluding carboxylic acids is 1. The summed E-state index contributed by atoms with van der Waals surface area (Å²) < 4.78 is 10.4. The molecule has 0 atom stereocenters. The summed E-state index contributed by atoms with van der Waals surface area (Å²) in [6.45, 7) is 6.27. The van der Waals surface area contributed by atoms with E-state index in [0.29, 0.717) is 5.56 Å². The van der Waals surface area contributed by atoms with E-state index in [4.69, 9.17) is 4.42 Å². The Morgan fingerprint density at radius 1 is 1.24 bits per heavy atom. The van der Waals surface area contributed by atoms with Crippen molar-refractivity contribution in [3.05, 3.63) is 35.6 Å². The molecule has 0 unspecified atom stereocenters. The molecule has 1 aromatic heterocycles. The van der Waals surface area contributed by atoms with E-state index in [1.54, 1.807) is 18.2 Å². The van der Waals surface area contributed by atoms with Gasteiger partial charge in [0.2, 0.25) is 0 Å². The van der Waals surface area contributed by atoms with E-state index in [1.165, 1.54) is 7.11 Å². The summed E-state index contributed by atoms with van der Waals surface area (Å²) in [5, 5.41) is 0.929. The number of benzene rings is 1. The lowest BCUT2D eigenvalue weighted by Crippen LogP contribution is -2.08. The lowest BCUT2D eigenvalue weighted by molar-refractivity contribution is 0.0601. The van der Waals surface area contributed by atoms with Crippen LogP contribution in [0.4, 0.5) is 0 Å². The van der Waals surface area contributed by atoms with Crippen LogP contribution in [0.1, 0.15) is 36.9 Å². The summed E-state index contributed by atoms with van der Waals surface area (Å²) in [5.41, 5.74) is 1.30. The molecule has 0 radical (unpaired) electrons. The normalized spacial score (nSPS) is 11.8. The maximum Gasteiger partial charge on any atom is 0.337 e. The van der Waals surface area contributed by atoms with Crippen molar-refractivity contribution < 1.29 is 13.9 Å². The molecule has 1 heterocycles. The molecule has 3 nitrogen and oxygen atoms in total. The largest absolute Gasteiger partial charge is 0.465 e. The minimum absolute atomic E-state index is 0.0373. The first-order valence-electron chi connectivity index (χ1n) is 5.54. The number of fused-ring (bicyclic) bond motifs is 1. The van der Waals surface area contributed by atoms with Gasteiger partial charge in [-0.05, 0) is 24.3 Å². The molecule has 0 N–H and O–H groups in total. The Kier molecular flexibility index (Phi) is 2.69. The minimum Gasteiger partial charge on any atom is -0.465 e. The molecule has 0 bridgehead atoms. The fraction of sp³-hybridized carbons (Fsp3) is 0.357. The predicted octanol–water partition coefficient (Wildman–Crippen LogP) is 3.52. The molecule has 0 saturated heterocycles. The molecule has 2 aromatic rings. The molecule has 17 heavy (non-hydrogen) atoms. The van der Waals surface area contributed by atoms with Gasteiger partial charge in [-0.15, -0.1) is 0 Å². The summed E-state index contributed by atoms with van der Waals surface area (Å²) in [6.07, 6.45) is 0. The van der Waals surface area contributed by atoms with Gasteiger partial charge in [0, 0.05) is 10.8 Å². The van der Waals surface area contributed by atoms with E-state index < -0.39 is 0 Å². The van der Waals surface area contributed by atoms with Crippen molar-refractivity contribution in [1.82, 2.24) is 0 Å². The maximum atomic E-state index is 11.4. The smallest absolute Gasteiger partial charge is 0.337 e. The molecule has 90 valence electrons. The molecule has 0 aliphatic carbocycles. The molecule has 0 fully saturated rings. The molecule has 3 heteroatoms. The van der Waals surface area contributed by atoms with Crippen molar-refractivity contribution in [2.75, 3.05) is 7.11 Å².